The van der Waals surface area contributed by atoms with Crippen molar-refractivity contribution in [1.82, 2.24) is 10.6 Å². The van der Waals surface area contributed by atoms with E-state index in [1.165, 1.54) is 0 Å². The lowest BCUT2D eigenvalue weighted by Gasteiger charge is -2.36. The second-order valence-corrected chi connectivity index (χ2v) is 7.95. The highest BCUT2D eigenvalue weighted by molar-refractivity contribution is 8.00. The molecular formula is C15H30N2O2S. The van der Waals surface area contributed by atoms with Gasteiger partial charge in [-0.25, -0.2) is 4.79 Å². The fraction of sp³-hybridized carbons (Fsp3) is 0.933. The fourth-order valence-corrected chi connectivity index (χ4v) is 2.80. The van der Waals surface area contributed by atoms with Gasteiger partial charge in [0.1, 0.15) is 0 Å². The van der Waals surface area contributed by atoms with Crippen LogP contribution in [0.1, 0.15) is 40.5 Å². The summed E-state index contributed by atoms with van der Waals surface area (Å²) < 4.78 is 5.55. The molecule has 20 heavy (non-hydrogen) atoms. The van der Waals surface area contributed by atoms with E-state index in [0.29, 0.717) is 19.0 Å². The highest BCUT2D eigenvalue weighted by Gasteiger charge is 2.32. The Morgan fingerprint density at radius 1 is 1.30 bits per heavy atom. The van der Waals surface area contributed by atoms with Crippen molar-refractivity contribution < 1.29 is 9.53 Å². The summed E-state index contributed by atoms with van der Waals surface area (Å²) in [7, 11) is 0. The number of amides is 2. The number of rotatable bonds is 6. The van der Waals surface area contributed by atoms with Gasteiger partial charge in [0.2, 0.25) is 0 Å². The zero-order valence-electron chi connectivity index (χ0n) is 13.5. The monoisotopic (exact) mass is 302 g/mol. The molecule has 2 amide bonds. The second-order valence-electron chi connectivity index (χ2n) is 6.68. The Morgan fingerprint density at radius 2 is 1.90 bits per heavy atom. The number of carbonyl (C=O) groups excluding carboxylic acids is 1. The molecule has 0 aromatic rings. The SMILES string of the molecule is CSC1(CNC(=O)NCC(C)(C)C(C)C)CCOCC1. The average molecular weight is 302 g/mol. The smallest absolute Gasteiger partial charge is 0.314 e. The maximum Gasteiger partial charge on any atom is 0.314 e. The summed E-state index contributed by atoms with van der Waals surface area (Å²) in [5, 5.41) is 6.02. The number of nitrogens with one attached hydrogen (secondary N) is 2. The molecule has 2 N–H and O–H groups in total. The van der Waals surface area contributed by atoms with Gasteiger partial charge < -0.3 is 15.4 Å². The van der Waals surface area contributed by atoms with Gasteiger partial charge in [0.05, 0.1) is 0 Å². The molecule has 0 aromatic carbocycles. The van der Waals surface area contributed by atoms with Crippen LogP contribution < -0.4 is 10.6 Å². The Morgan fingerprint density at radius 3 is 2.40 bits per heavy atom. The molecule has 0 aromatic heterocycles. The zero-order valence-corrected chi connectivity index (χ0v) is 14.4. The molecule has 1 heterocycles. The first-order valence-electron chi connectivity index (χ1n) is 7.46. The van der Waals surface area contributed by atoms with Crippen molar-refractivity contribution in [3.63, 3.8) is 0 Å². The van der Waals surface area contributed by atoms with Crippen molar-refractivity contribution in [3.05, 3.63) is 0 Å². The molecule has 0 atom stereocenters. The van der Waals surface area contributed by atoms with Crippen molar-refractivity contribution in [2.24, 2.45) is 11.3 Å². The first kappa shape index (κ1) is 17.6. The number of hydrogen-bond donors (Lipinski definition) is 2. The highest BCUT2D eigenvalue weighted by atomic mass is 32.2. The van der Waals surface area contributed by atoms with Crippen LogP contribution in [0.15, 0.2) is 0 Å². The van der Waals surface area contributed by atoms with Gasteiger partial charge >= 0.3 is 6.03 Å². The fourth-order valence-electron chi connectivity index (χ4n) is 2.01. The van der Waals surface area contributed by atoms with E-state index in [4.69, 9.17) is 4.74 Å². The normalized spacial score (nSPS) is 18.9. The summed E-state index contributed by atoms with van der Waals surface area (Å²) >= 11 is 1.84. The molecular weight excluding hydrogens is 272 g/mol. The zero-order chi connectivity index (χ0) is 15.2. The molecule has 1 aliphatic rings. The van der Waals surface area contributed by atoms with Crippen molar-refractivity contribution in [2.45, 2.75) is 45.3 Å². The second kappa shape index (κ2) is 7.55. The average Bonchev–Trinajstić information content (AvgIpc) is 2.44. The van der Waals surface area contributed by atoms with Crippen LogP contribution in [0.2, 0.25) is 0 Å². The van der Waals surface area contributed by atoms with Crippen molar-refractivity contribution in [3.8, 4) is 0 Å². The number of ether oxygens (including phenoxy) is 1. The van der Waals surface area contributed by atoms with Crippen LogP contribution in [0.5, 0.6) is 0 Å². The lowest BCUT2D eigenvalue weighted by Crippen LogP contribution is -2.49. The molecule has 0 bridgehead atoms. The van der Waals surface area contributed by atoms with E-state index in [1.807, 2.05) is 11.8 Å². The lowest BCUT2D eigenvalue weighted by molar-refractivity contribution is 0.0777. The first-order chi connectivity index (χ1) is 9.31. The number of carbonyl (C=O) groups is 1. The Balaban J connectivity index is 2.35. The van der Waals surface area contributed by atoms with Crippen LogP contribution in [0.3, 0.4) is 0 Å². The van der Waals surface area contributed by atoms with Crippen LogP contribution in [0, 0.1) is 11.3 Å². The molecule has 1 fully saturated rings. The minimum Gasteiger partial charge on any atom is -0.381 e. The molecule has 0 spiro atoms. The molecule has 1 aliphatic heterocycles. The highest BCUT2D eigenvalue weighted by Crippen LogP contribution is 2.33. The number of thioether (sulfide) groups is 1. The van der Waals surface area contributed by atoms with Crippen LogP contribution in [0.4, 0.5) is 4.79 Å². The Bertz CT molecular complexity index is 313. The summed E-state index contributed by atoms with van der Waals surface area (Å²) in [6.07, 6.45) is 4.13. The van der Waals surface area contributed by atoms with Gasteiger partial charge in [-0.3, -0.25) is 0 Å². The van der Waals surface area contributed by atoms with E-state index in [-0.39, 0.29) is 16.2 Å². The maximum absolute atomic E-state index is 12.0. The van der Waals surface area contributed by atoms with E-state index in [1.54, 1.807) is 0 Å². The predicted octanol–water partition coefficient (Wildman–Crippen LogP) is 2.88. The summed E-state index contributed by atoms with van der Waals surface area (Å²) in [6.45, 7) is 11.7. The summed E-state index contributed by atoms with van der Waals surface area (Å²) in [4.78, 5) is 12.0. The molecule has 0 unspecified atom stereocenters. The van der Waals surface area contributed by atoms with Gasteiger partial charge in [0, 0.05) is 31.1 Å². The molecule has 0 aliphatic carbocycles. The third-order valence-electron chi connectivity index (χ3n) is 4.68. The Hall–Kier alpha value is -0.420. The van der Waals surface area contributed by atoms with Crippen molar-refractivity contribution in [2.75, 3.05) is 32.6 Å². The molecule has 4 nitrogen and oxygen atoms in total. The van der Waals surface area contributed by atoms with E-state index in [2.05, 4.69) is 44.6 Å². The van der Waals surface area contributed by atoms with Gasteiger partial charge in [-0.1, -0.05) is 27.7 Å². The van der Waals surface area contributed by atoms with E-state index >= 15 is 0 Å². The van der Waals surface area contributed by atoms with E-state index < -0.39 is 0 Å². The van der Waals surface area contributed by atoms with Crippen LogP contribution in [0.25, 0.3) is 0 Å². The van der Waals surface area contributed by atoms with Gasteiger partial charge in [0.15, 0.2) is 0 Å². The molecule has 1 rings (SSSR count). The quantitative estimate of drug-likeness (QED) is 0.793. The standard InChI is InChI=1S/C15H30N2O2S/c1-12(2)14(3,4)10-16-13(18)17-11-15(20-5)6-8-19-9-7-15/h12H,6-11H2,1-5H3,(H2,16,17,18). The molecule has 1 saturated heterocycles. The van der Waals surface area contributed by atoms with Crippen molar-refractivity contribution >= 4 is 17.8 Å². The third-order valence-corrected chi connectivity index (χ3v) is 6.09. The molecule has 0 radical (unpaired) electrons. The summed E-state index contributed by atoms with van der Waals surface area (Å²) in [6, 6.07) is -0.0568. The number of hydrogen-bond acceptors (Lipinski definition) is 3. The number of urea groups is 1. The van der Waals surface area contributed by atoms with Crippen molar-refractivity contribution in [1.29, 1.82) is 0 Å². The Kier molecular flexibility index (Phi) is 6.65. The predicted molar refractivity (Wildman–Crippen MR) is 86.3 cm³/mol. The van der Waals surface area contributed by atoms with Gasteiger partial charge in [-0.15, -0.1) is 0 Å². The molecule has 118 valence electrons. The van der Waals surface area contributed by atoms with Gasteiger partial charge in [-0.2, -0.15) is 11.8 Å². The molecule has 5 heteroatoms. The minimum atomic E-state index is -0.0568. The van der Waals surface area contributed by atoms with Crippen LogP contribution >= 0.6 is 11.8 Å². The largest absolute Gasteiger partial charge is 0.381 e. The van der Waals surface area contributed by atoms with Crippen LogP contribution in [-0.2, 0) is 4.74 Å². The first-order valence-corrected chi connectivity index (χ1v) is 8.68. The minimum absolute atomic E-state index is 0.0568. The van der Waals surface area contributed by atoms with Crippen LogP contribution in [-0.4, -0.2) is 43.3 Å². The van der Waals surface area contributed by atoms with Gasteiger partial charge in [0.25, 0.3) is 0 Å². The third kappa shape index (κ3) is 5.17. The Labute approximate surface area is 127 Å². The maximum atomic E-state index is 12.0. The topological polar surface area (TPSA) is 50.4 Å². The summed E-state index contributed by atoms with van der Waals surface area (Å²) in [5.41, 5.74) is 0.118. The molecule has 0 saturated carbocycles. The van der Waals surface area contributed by atoms with E-state index in [9.17, 15) is 4.79 Å². The summed E-state index contributed by atoms with van der Waals surface area (Å²) in [5.74, 6) is 0.538. The van der Waals surface area contributed by atoms with E-state index in [0.717, 1.165) is 26.1 Å². The lowest BCUT2D eigenvalue weighted by atomic mass is 9.81. The van der Waals surface area contributed by atoms with Gasteiger partial charge in [-0.05, 0) is 30.4 Å².